The Kier molecular flexibility index (Phi) is 4.62. The summed E-state index contributed by atoms with van der Waals surface area (Å²) in [7, 11) is 0. The Labute approximate surface area is 124 Å². The Balaban J connectivity index is 2.25. The summed E-state index contributed by atoms with van der Waals surface area (Å²) in [5.74, 6) is -3.03. The SMILES string of the molecule is O=C(O)c1ccccc1O[C@@H]1O[C@H](C(=O)O)[C@@H](O)[C@H](O)[C@H]1O. The summed E-state index contributed by atoms with van der Waals surface area (Å²) in [6.07, 6.45) is -8.90. The number of aliphatic hydroxyl groups excluding tert-OH is 3. The maximum atomic E-state index is 11.1. The highest BCUT2D eigenvalue weighted by Crippen LogP contribution is 2.26. The quantitative estimate of drug-likeness (QED) is 0.454. The maximum Gasteiger partial charge on any atom is 0.339 e. The average molecular weight is 314 g/mol. The van der Waals surface area contributed by atoms with Gasteiger partial charge in [-0.3, -0.25) is 0 Å². The van der Waals surface area contributed by atoms with E-state index in [1.807, 2.05) is 0 Å². The molecule has 1 saturated heterocycles. The first-order chi connectivity index (χ1) is 10.3. The van der Waals surface area contributed by atoms with Crippen molar-refractivity contribution in [1.82, 2.24) is 0 Å². The standard InChI is InChI=1S/C13H14O9/c14-7-8(15)10(12(19)20)22-13(9(7)16)21-6-4-2-1-3-5(6)11(17)18/h1-4,7-10,13-16H,(H,17,18)(H,19,20)/t7-,8-,9+,10-,13+/m0/s1. The van der Waals surface area contributed by atoms with Crippen LogP contribution in [0.3, 0.4) is 0 Å². The van der Waals surface area contributed by atoms with Crippen LogP contribution in [0.15, 0.2) is 24.3 Å². The largest absolute Gasteiger partial charge is 0.479 e. The molecule has 1 aliphatic rings. The average Bonchev–Trinajstić information content (AvgIpc) is 2.47. The highest BCUT2D eigenvalue weighted by atomic mass is 16.7. The molecule has 22 heavy (non-hydrogen) atoms. The van der Waals surface area contributed by atoms with Gasteiger partial charge in [-0.1, -0.05) is 12.1 Å². The van der Waals surface area contributed by atoms with Gasteiger partial charge in [0.15, 0.2) is 6.10 Å². The van der Waals surface area contributed by atoms with Crippen LogP contribution in [-0.2, 0) is 9.53 Å². The molecule has 2 rings (SSSR count). The summed E-state index contributed by atoms with van der Waals surface area (Å²) in [6, 6.07) is 5.45. The number of carboxylic acid groups (broad SMARTS) is 2. The van der Waals surface area contributed by atoms with Crippen LogP contribution >= 0.6 is 0 Å². The lowest BCUT2D eigenvalue weighted by molar-refractivity contribution is -0.271. The molecule has 9 heteroatoms. The summed E-state index contributed by atoms with van der Waals surface area (Å²) in [4.78, 5) is 22.0. The molecule has 1 aromatic rings. The summed E-state index contributed by atoms with van der Waals surface area (Å²) in [5, 5.41) is 46.9. The molecular formula is C13H14O9. The van der Waals surface area contributed by atoms with Gasteiger partial charge < -0.3 is 35.0 Å². The number of aliphatic hydroxyl groups is 3. The van der Waals surface area contributed by atoms with Gasteiger partial charge in [0.1, 0.15) is 29.6 Å². The lowest BCUT2D eigenvalue weighted by Gasteiger charge is -2.38. The second-order valence-electron chi connectivity index (χ2n) is 4.65. The molecule has 0 spiro atoms. The number of carbonyl (C=O) groups is 2. The zero-order chi connectivity index (χ0) is 16.4. The van der Waals surface area contributed by atoms with Crippen molar-refractivity contribution >= 4 is 11.9 Å². The topological polar surface area (TPSA) is 154 Å². The number of rotatable bonds is 4. The molecule has 0 unspecified atom stereocenters. The lowest BCUT2D eigenvalue weighted by Crippen LogP contribution is -2.61. The first-order valence-electron chi connectivity index (χ1n) is 6.24. The number of benzene rings is 1. The van der Waals surface area contributed by atoms with E-state index in [1.165, 1.54) is 24.3 Å². The van der Waals surface area contributed by atoms with E-state index in [1.54, 1.807) is 0 Å². The molecule has 0 aromatic heterocycles. The number of aromatic carboxylic acids is 1. The maximum absolute atomic E-state index is 11.1. The molecule has 0 radical (unpaired) electrons. The van der Waals surface area contributed by atoms with Gasteiger partial charge in [-0.15, -0.1) is 0 Å². The molecule has 120 valence electrons. The van der Waals surface area contributed by atoms with E-state index >= 15 is 0 Å². The van der Waals surface area contributed by atoms with Gasteiger partial charge >= 0.3 is 11.9 Å². The van der Waals surface area contributed by atoms with E-state index in [2.05, 4.69) is 0 Å². The van der Waals surface area contributed by atoms with Crippen LogP contribution in [0.4, 0.5) is 0 Å². The fourth-order valence-corrected chi connectivity index (χ4v) is 2.02. The van der Waals surface area contributed by atoms with Crippen molar-refractivity contribution in [2.45, 2.75) is 30.7 Å². The molecule has 1 heterocycles. The zero-order valence-corrected chi connectivity index (χ0v) is 11.1. The fourth-order valence-electron chi connectivity index (χ4n) is 2.02. The molecule has 0 aliphatic carbocycles. The summed E-state index contributed by atoms with van der Waals surface area (Å²) in [5.41, 5.74) is -0.231. The van der Waals surface area contributed by atoms with Gasteiger partial charge in [0.2, 0.25) is 6.29 Å². The molecule has 5 N–H and O–H groups in total. The Bertz CT molecular complexity index is 572. The predicted molar refractivity (Wildman–Crippen MR) is 68.3 cm³/mol. The zero-order valence-electron chi connectivity index (χ0n) is 11.1. The van der Waals surface area contributed by atoms with Gasteiger partial charge in [0.25, 0.3) is 0 Å². The minimum Gasteiger partial charge on any atom is -0.479 e. The molecule has 1 aromatic carbocycles. The first-order valence-corrected chi connectivity index (χ1v) is 6.24. The van der Waals surface area contributed by atoms with Crippen molar-refractivity contribution in [2.24, 2.45) is 0 Å². The van der Waals surface area contributed by atoms with Crippen LogP contribution in [0.1, 0.15) is 10.4 Å². The Morgan fingerprint density at radius 1 is 1.00 bits per heavy atom. The van der Waals surface area contributed by atoms with Crippen molar-refractivity contribution in [3.8, 4) is 5.75 Å². The Hall–Kier alpha value is -2.20. The van der Waals surface area contributed by atoms with Crippen LogP contribution < -0.4 is 4.74 Å². The summed E-state index contributed by atoms with van der Waals surface area (Å²) in [6.45, 7) is 0. The van der Waals surface area contributed by atoms with Crippen molar-refractivity contribution in [1.29, 1.82) is 0 Å². The third kappa shape index (κ3) is 3.02. The van der Waals surface area contributed by atoms with Crippen molar-refractivity contribution in [3.05, 3.63) is 29.8 Å². The van der Waals surface area contributed by atoms with Crippen molar-refractivity contribution in [2.75, 3.05) is 0 Å². The molecule has 0 bridgehead atoms. The fraction of sp³-hybridized carbons (Fsp3) is 0.385. The summed E-state index contributed by atoms with van der Waals surface area (Å²) < 4.78 is 10.1. The van der Waals surface area contributed by atoms with Gasteiger partial charge in [0.05, 0.1) is 0 Å². The molecular weight excluding hydrogens is 300 g/mol. The molecule has 5 atom stereocenters. The van der Waals surface area contributed by atoms with Gasteiger partial charge in [-0.25, -0.2) is 9.59 Å². The van der Waals surface area contributed by atoms with Crippen LogP contribution in [0.5, 0.6) is 5.75 Å². The normalized spacial score (nSPS) is 31.5. The van der Waals surface area contributed by atoms with Crippen LogP contribution in [0, 0.1) is 0 Å². The molecule has 1 fully saturated rings. The van der Waals surface area contributed by atoms with Gasteiger partial charge in [0, 0.05) is 0 Å². The van der Waals surface area contributed by atoms with E-state index in [0.29, 0.717) is 0 Å². The van der Waals surface area contributed by atoms with E-state index in [-0.39, 0.29) is 11.3 Å². The molecule has 1 aliphatic heterocycles. The third-order valence-electron chi connectivity index (χ3n) is 3.17. The van der Waals surface area contributed by atoms with E-state index in [0.717, 1.165) is 0 Å². The molecule has 0 amide bonds. The Morgan fingerprint density at radius 2 is 1.64 bits per heavy atom. The molecule has 0 saturated carbocycles. The second kappa shape index (κ2) is 6.28. The number of ether oxygens (including phenoxy) is 2. The smallest absolute Gasteiger partial charge is 0.339 e. The van der Waals surface area contributed by atoms with E-state index in [4.69, 9.17) is 19.7 Å². The van der Waals surface area contributed by atoms with Gasteiger partial charge in [-0.05, 0) is 12.1 Å². The predicted octanol–water partition coefficient (Wildman–Crippen LogP) is -1.34. The van der Waals surface area contributed by atoms with E-state index < -0.39 is 42.6 Å². The lowest BCUT2D eigenvalue weighted by atomic mass is 9.99. The number of aliphatic carboxylic acids is 1. The minimum absolute atomic E-state index is 0.174. The number of hydrogen-bond acceptors (Lipinski definition) is 7. The van der Waals surface area contributed by atoms with Gasteiger partial charge in [-0.2, -0.15) is 0 Å². The second-order valence-corrected chi connectivity index (χ2v) is 4.65. The Morgan fingerprint density at radius 3 is 2.23 bits per heavy atom. The van der Waals surface area contributed by atoms with Crippen molar-refractivity contribution in [3.63, 3.8) is 0 Å². The minimum atomic E-state index is -1.85. The third-order valence-corrected chi connectivity index (χ3v) is 3.17. The highest BCUT2D eigenvalue weighted by molar-refractivity contribution is 5.90. The van der Waals surface area contributed by atoms with Crippen molar-refractivity contribution < 1.29 is 44.6 Å². The summed E-state index contributed by atoms with van der Waals surface area (Å²) >= 11 is 0. The van der Waals surface area contributed by atoms with Crippen LogP contribution in [0.25, 0.3) is 0 Å². The van der Waals surface area contributed by atoms with Crippen LogP contribution in [-0.4, -0.2) is 68.2 Å². The first kappa shape index (κ1) is 16.2. The molecule has 9 nitrogen and oxygen atoms in total. The number of para-hydroxylation sites is 1. The van der Waals surface area contributed by atoms with E-state index in [9.17, 15) is 24.9 Å². The number of hydrogen-bond donors (Lipinski definition) is 5. The van der Waals surface area contributed by atoms with Crippen LogP contribution in [0.2, 0.25) is 0 Å². The number of carboxylic acids is 2. The highest BCUT2D eigenvalue weighted by Gasteiger charge is 2.48. The monoisotopic (exact) mass is 314 g/mol.